The van der Waals surface area contributed by atoms with E-state index in [-0.39, 0.29) is 23.3 Å². The monoisotopic (exact) mass is 407 g/mol. The van der Waals surface area contributed by atoms with E-state index in [0.717, 1.165) is 36.7 Å². The molecule has 1 N–H and O–H groups in total. The number of aromatic carboxylic acids is 1. The maximum absolute atomic E-state index is 13.2. The van der Waals surface area contributed by atoms with E-state index in [4.69, 9.17) is 9.84 Å². The molecular weight excluding hydrogens is 378 g/mol. The molecule has 0 amide bonds. The molecule has 2 fully saturated rings. The zero-order chi connectivity index (χ0) is 21.1. The lowest BCUT2D eigenvalue weighted by Crippen LogP contribution is -2.47. The predicted octanol–water partition coefficient (Wildman–Crippen LogP) is 4.24. The average molecular weight is 408 g/mol. The van der Waals surface area contributed by atoms with Crippen LogP contribution in [0.15, 0.2) is 54.6 Å². The molecule has 4 rings (SSSR count). The number of para-hydroxylation sites is 1. The van der Waals surface area contributed by atoms with Crippen molar-refractivity contribution in [1.29, 1.82) is 0 Å². The Balaban J connectivity index is 1.34. The van der Waals surface area contributed by atoms with E-state index >= 15 is 0 Å². The normalized spacial score (nSPS) is 24.0. The second kappa shape index (κ2) is 9.00. The number of carbonyl (C=O) groups is 2. The maximum atomic E-state index is 13.2. The van der Waals surface area contributed by atoms with Crippen LogP contribution in [0.3, 0.4) is 0 Å². The number of ether oxygens (including phenoxy) is 1. The number of nitrogens with zero attached hydrogens (tertiary/aromatic N) is 1. The number of carbonyl (C=O) groups excluding carboxylic acids is 1. The number of likely N-dealkylation sites (tertiary alicyclic amines) is 1. The Kier molecular flexibility index (Phi) is 6.18. The van der Waals surface area contributed by atoms with E-state index < -0.39 is 5.97 Å². The van der Waals surface area contributed by atoms with Crippen LogP contribution in [0.5, 0.6) is 5.75 Å². The van der Waals surface area contributed by atoms with Crippen molar-refractivity contribution < 1.29 is 19.4 Å². The van der Waals surface area contributed by atoms with Gasteiger partial charge in [-0.25, -0.2) is 4.79 Å². The highest BCUT2D eigenvalue weighted by Gasteiger charge is 2.47. The smallest absolute Gasteiger partial charge is 0.335 e. The molecule has 1 aliphatic carbocycles. The summed E-state index contributed by atoms with van der Waals surface area (Å²) in [5.41, 5.74) is 1.28. The molecule has 0 aromatic heterocycles. The van der Waals surface area contributed by atoms with Gasteiger partial charge in [-0.15, -0.1) is 0 Å². The summed E-state index contributed by atoms with van der Waals surface area (Å²) in [7, 11) is 0. The number of Topliss-reactive ketones (excluding diaryl/α,β-unsaturated/α-hetero) is 1. The van der Waals surface area contributed by atoms with Gasteiger partial charge in [-0.1, -0.05) is 37.3 Å². The number of carboxylic acids is 1. The first-order valence-corrected chi connectivity index (χ1v) is 10.8. The molecule has 2 aromatic rings. The van der Waals surface area contributed by atoms with Crippen molar-refractivity contribution in [2.45, 2.75) is 38.1 Å². The Bertz CT molecular complexity index is 880. The predicted molar refractivity (Wildman–Crippen MR) is 115 cm³/mol. The number of hydrogen-bond acceptors (Lipinski definition) is 4. The summed E-state index contributed by atoms with van der Waals surface area (Å²) in [6.45, 7) is 4.37. The number of benzene rings is 2. The second-order valence-corrected chi connectivity index (χ2v) is 8.66. The van der Waals surface area contributed by atoms with Gasteiger partial charge in [0.15, 0.2) is 5.78 Å². The molecule has 0 bridgehead atoms. The van der Waals surface area contributed by atoms with E-state index in [1.54, 1.807) is 12.1 Å². The lowest BCUT2D eigenvalue weighted by Gasteiger charge is -2.34. The van der Waals surface area contributed by atoms with Crippen molar-refractivity contribution in [3.63, 3.8) is 0 Å². The first kappa shape index (κ1) is 20.6. The maximum Gasteiger partial charge on any atom is 0.335 e. The minimum atomic E-state index is -0.931. The van der Waals surface area contributed by atoms with Crippen LogP contribution >= 0.6 is 0 Å². The van der Waals surface area contributed by atoms with Gasteiger partial charge < -0.3 is 9.84 Å². The molecular formula is C25H29NO4. The van der Waals surface area contributed by atoms with Crippen LogP contribution in [0.1, 0.15) is 48.0 Å². The summed E-state index contributed by atoms with van der Waals surface area (Å²) < 4.78 is 5.87. The fourth-order valence-electron chi connectivity index (χ4n) is 4.58. The summed E-state index contributed by atoms with van der Waals surface area (Å²) in [6, 6.07) is 16.6. The molecule has 5 heteroatoms. The Labute approximate surface area is 177 Å². The molecule has 2 aromatic carbocycles. The third kappa shape index (κ3) is 4.90. The van der Waals surface area contributed by atoms with Crippen molar-refractivity contribution in [3.8, 4) is 5.75 Å². The number of hydrogen-bond donors (Lipinski definition) is 1. The summed E-state index contributed by atoms with van der Waals surface area (Å²) in [4.78, 5) is 26.6. The van der Waals surface area contributed by atoms with Crippen molar-refractivity contribution in [3.05, 3.63) is 65.7 Å². The minimum Gasteiger partial charge on any atom is -0.492 e. The molecule has 0 unspecified atom stereocenters. The number of rotatable bonds is 9. The van der Waals surface area contributed by atoms with Gasteiger partial charge in [0, 0.05) is 19.5 Å². The second-order valence-electron chi connectivity index (χ2n) is 8.66. The van der Waals surface area contributed by atoms with Crippen LogP contribution in [-0.2, 0) is 4.79 Å². The highest BCUT2D eigenvalue weighted by atomic mass is 16.5. The van der Waals surface area contributed by atoms with Crippen LogP contribution in [0, 0.1) is 11.8 Å². The Morgan fingerprint density at radius 2 is 1.80 bits per heavy atom. The Hall–Kier alpha value is -2.66. The number of piperidine rings is 1. The average Bonchev–Trinajstić information content (AvgIpc) is 3.52. The van der Waals surface area contributed by atoms with Gasteiger partial charge in [0.1, 0.15) is 12.4 Å². The van der Waals surface area contributed by atoms with Gasteiger partial charge in [0.05, 0.1) is 11.6 Å². The van der Waals surface area contributed by atoms with Gasteiger partial charge >= 0.3 is 5.97 Å². The zero-order valence-corrected chi connectivity index (χ0v) is 17.4. The summed E-state index contributed by atoms with van der Waals surface area (Å²) >= 11 is 0. The molecule has 30 heavy (non-hydrogen) atoms. The molecule has 4 atom stereocenters. The molecule has 1 saturated heterocycles. The van der Waals surface area contributed by atoms with Crippen molar-refractivity contribution in [2.24, 2.45) is 11.8 Å². The first-order valence-electron chi connectivity index (χ1n) is 10.8. The van der Waals surface area contributed by atoms with Crippen molar-refractivity contribution in [2.75, 3.05) is 19.7 Å². The van der Waals surface area contributed by atoms with E-state index in [2.05, 4.69) is 4.90 Å². The van der Waals surface area contributed by atoms with E-state index in [9.17, 15) is 9.59 Å². The Morgan fingerprint density at radius 1 is 1.07 bits per heavy atom. The molecule has 1 saturated carbocycles. The molecule has 5 nitrogen and oxygen atoms in total. The SMILES string of the molecule is C[C@H](CC(=O)[C@H]1C[C@@H]2C[C@@H]2CN1CCOc1ccccc1)c1ccc(C(=O)O)cc1. The lowest BCUT2D eigenvalue weighted by atomic mass is 9.89. The van der Waals surface area contributed by atoms with Crippen molar-refractivity contribution >= 4 is 11.8 Å². The summed E-state index contributed by atoms with van der Waals surface area (Å²) in [5.74, 6) is 1.73. The highest BCUT2D eigenvalue weighted by molar-refractivity contribution is 5.87. The fourth-order valence-corrected chi connectivity index (χ4v) is 4.58. The third-order valence-corrected chi connectivity index (χ3v) is 6.50. The van der Waals surface area contributed by atoms with Crippen LogP contribution in [-0.4, -0.2) is 47.5 Å². The van der Waals surface area contributed by atoms with Gasteiger partial charge in [0.25, 0.3) is 0 Å². The number of carboxylic acid groups (broad SMARTS) is 1. The standard InChI is InChI=1S/C25H29NO4/c1-17(18-7-9-19(10-8-18)25(28)29)13-24(27)23-15-20-14-21(20)16-26(23)11-12-30-22-5-3-2-4-6-22/h2-10,17,20-21,23H,11-16H2,1H3,(H,28,29)/t17-,20+,21-,23-/m1/s1. The Morgan fingerprint density at radius 3 is 2.50 bits per heavy atom. The third-order valence-electron chi connectivity index (χ3n) is 6.50. The zero-order valence-electron chi connectivity index (χ0n) is 17.4. The van der Waals surface area contributed by atoms with Crippen LogP contribution < -0.4 is 4.74 Å². The number of fused-ring (bicyclic) bond motifs is 1. The minimum absolute atomic E-state index is 0.0335. The van der Waals surface area contributed by atoms with E-state index in [1.807, 2.05) is 49.4 Å². The highest BCUT2D eigenvalue weighted by Crippen LogP contribution is 2.47. The molecule has 0 radical (unpaired) electrons. The molecule has 2 aliphatic rings. The summed E-state index contributed by atoms with van der Waals surface area (Å²) in [5, 5.41) is 9.06. The van der Waals surface area contributed by atoms with Gasteiger partial charge in [0.2, 0.25) is 0 Å². The lowest BCUT2D eigenvalue weighted by molar-refractivity contribution is -0.126. The fraction of sp³-hybridized carbons (Fsp3) is 0.440. The first-order chi connectivity index (χ1) is 14.5. The van der Waals surface area contributed by atoms with Crippen molar-refractivity contribution in [1.82, 2.24) is 4.90 Å². The van der Waals surface area contributed by atoms with Gasteiger partial charge in [-0.05, 0) is 60.4 Å². The molecule has 1 aliphatic heterocycles. The van der Waals surface area contributed by atoms with Gasteiger partial charge in [-0.3, -0.25) is 9.69 Å². The topological polar surface area (TPSA) is 66.8 Å². The molecule has 0 spiro atoms. The van der Waals surface area contributed by atoms with Gasteiger partial charge in [-0.2, -0.15) is 0 Å². The number of ketones is 1. The molecule has 1 heterocycles. The quantitative estimate of drug-likeness (QED) is 0.674. The largest absolute Gasteiger partial charge is 0.492 e. The van der Waals surface area contributed by atoms with E-state index in [0.29, 0.717) is 18.9 Å². The summed E-state index contributed by atoms with van der Waals surface area (Å²) in [6.07, 6.45) is 2.68. The molecule has 158 valence electrons. The van der Waals surface area contributed by atoms with Crippen LogP contribution in [0.4, 0.5) is 0 Å². The van der Waals surface area contributed by atoms with E-state index in [1.165, 1.54) is 6.42 Å². The van der Waals surface area contributed by atoms with Crippen LogP contribution in [0.2, 0.25) is 0 Å². The van der Waals surface area contributed by atoms with Crippen LogP contribution in [0.25, 0.3) is 0 Å².